The summed E-state index contributed by atoms with van der Waals surface area (Å²) < 4.78 is 7.22. The Labute approximate surface area is 253 Å². The summed E-state index contributed by atoms with van der Waals surface area (Å²) in [6.45, 7) is 4.02. The van der Waals surface area contributed by atoms with Gasteiger partial charge in [0, 0.05) is 57.7 Å². The molecule has 4 aromatic heterocycles. The van der Waals surface area contributed by atoms with E-state index in [1.165, 1.54) is 7.11 Å². The van der Waals surface area contributed by atoms with Crippen molar-refractivity contribution in [2.45, 2.75) is 6.54 Å². The third-order valence-corrected chi connectivity index (χ3v) is 7.56. The van der Waals surface area contributed by atoms with Gasteiger partial charge < -0.3 is 29.7 Å². The minimum Gasteiger partial charge on any atom is -0.494 e. The Balaban J connectivity index is 1.17. The van der Waals surface area contributed by atoms with E-state index in [0.29, 0.717) is 66.7 Å². The molecule has 0 atom stereocenters. The first-order chi connectivity index (χ1) is 21.4. The van der Waals surface area contributed by atoms with E-state index in [4.69, 9.17) is 4.74 Å². The van der Waals surface area contributed by atoms with Crippen LogP contribution in [0.3, 0.4) is 0 Å². The smallest absolute Gasteiger partial charge is 0.295 e. The zero-order valence-corrected chi connectivity index (χ0v) is 24.8. The molecule has 0 saturated carbocycles. The molecular formula is C29H34N12O3. The number of carbonyl (C=O) groups is 2. The highest BCUT2D eigenvalue weighted by Crippen LogP contribution is 2.34. The van der Waals surface area contributed by atoms with Crippen LogP contribution in [-0.2, 0) is 11.3 Å². The van der Waals surface area contributed by atoms with Gasteiger partial charge in [0.2, 0.25) is 5.95 Å². The van der Waals surface area contributed by atoms with Crippen LogP contribution in [0.2, 0.25) is 0 Å². The molecule has 5 heterocycles. The van der Waals surface area contributed by atoms with Crippen molar-refractivity contribution in [3.05, 3.63) is 60.0 Å². The number of methoxy groups -OCH3 is 1. The Morgan fingerprint density at radius 2 is 1.91 bits per heavy atom. The number of tetrazole rings is 1. The van der Waals surface area contributed by atoms with Gasteiger partial charge in [-0.05, 0) is 42.7 Å². The lowest BCUT2D eigenvalue weighted by Gasteiger charge is -2.34. The summed E-state index contributed by atoms with van der Waals surface area (Å²) in [7, 11) is 5.56. The standard InChI is InChI=1S/C29H34N12O3/c1-38(2)10-9-30-16-19-15-22(34-33-19)25-26-24(23(44-3)18-32-25)21(17-31-26)27(42)28(43)39-11-13-40(14-12-39)29-35-36-37-41(29)20-7-5-4-6-8-20/h4-8,15,17-18,30-31H,9-14,16H2,1-3H3,(H,33,34). The molecule has 1 aromatic carbocycles. The first kappa shape index (κ1) is 28.9. The van der Waals surface area contributed by atoms with E-state index >= 15 is 0 Å². The number of aromatic nitrogens is 8. The number of H-pyrrole nitrogens is 2. The summed E-state index contributed by atoms with van der Waals surface area (Å²) in [4.78, 5) is 40.4. The summed E-state index contributed by atoms with van der Waals surface area (Å²) in [5.74, 6) is -0.233. The first-order valence-corrected chi connectivity index (χ1v) is 14.3. The van der Waals surface area contributed by atoms with Crippen molar-refractivity contribution in [2.24, 2.45) is 0 Å². The Morgan fingerprint density at radius 3 is 2.66 bits per heavy atom. The maximum atomic E-state index is 13.6. The number of fused-ring (bicyclic) bond motifs is 1. The van der Waals surface area contributed by atoms with Crippen molar-refractivity contribution in [1.29, 1.82) is 0 Å². The van der Waals surface area contributed by atoms with E-state index in [2.05, 4.69) is 45.9 Å². The lowest BCUT2D eigenvalue weighted by Crippen LogP contribution is -2.51. The van der Waals surface area contributed by atoms with Gasteiger partial charge in [0.15, 0.2) is 0 Å². The minimum absolute atomic E-state index is 0.224. The topological polar surface area (TPSA) is 166 Å². The van der Waals surface area contributed by atoms with Crippen molar-refractivity contribution in [1.82, 2.24) is 55.5 Å². The third kappa shape index (κ3) is 5.74. The number of anilines is 1. The molecule has 228 valence electrons. The number of hydrogen-bond acceptors (Lipinski definition) is 11. The van der Waals surface area contributed by atoms with Gasteiger partial charge in [-0.3, -0.25) is 14.7 Å². The molecule has 0 radical (unpaired) electrons. The largest absolute Gasteiger partial charge is 0.494 e. The zero-order valence-electron chi connectivity index (χ0n) is 24.8. The number of aromatic amines is 2. The molecule has 5 aromatic rings. The van der Waals surface area contributed by atoms with Gasteiger partial charge >= 0.3 is 0 Å². The van der Waals surface area contributed by atoms with Gasteiger partial charge in [-0.2, -0.15) is 9.78 Å². The van der Waals surface area contributed by atoms with E-state index in [1.807, 2.05) is 55.4 Å². The second-order valence-electron chi connectivity index (χ2n) is 10.7. The maximum Gasteiger partial charge on any atom is 0.295 e. The molecule has 15 nitrogen and oxygen atoms in total. The molecule has 1 saturated heterocycles. The number of hydrogen-bond donors (Lipinski definition) is 3. The highest BCUT2D eigenvalue weighted by molar-refractivity contribution is 6.45. The van der Waals surface area contributed by atoms with E-state index in [0.717, 1.165) is 24.5 Å². The summed E-state index contributed by atoms with van der Waals surface area (Å²) in [5, 5.41) is 23.5. The third-order valence-electron chi connectivity index (χ3n) is 7.56. The number of ether oxygens (including phenoxy) is 1. The van der Waals surface area contributed by atoms with Crippen molar-refractivity contribution >= 4 is 28.5 Å². The van der Waals surface area contributed by atoms with Crippen molar-refractivity contribution < 1.29 is 14.3 Å². The van der Waals surface area contributed by atoms with E-state index in [-0.39, 0.29) is 5.56 Å². The lowest BCUT2D eigenvalue weighted by atomic mass is 10.1. The highest BCUT2D eigenvalue weighted by Gasteiger charge is 2.31. The molecule has 44 heavy (non-hydrogen) atoms. The van der Waals surface area contributed by atoms with Crippen LogP contribution in [0.15, 0.2) is 48.8 Å². The molecule has 1 aliphatic rings. The molecule has 15 heteroatoms. The predicted molar refractivity (Wildman–Crippen MR) is 163 cm³/mol. The number of Topliss-reactive ketones (excluding diaryl/α,β-unsaturated/α-hetero) is 1. The summed E-state index contributed by atoms with van der Waals surface area (Å²) in [5.41, 5.74) is 3.69. The number of carbonyl (C=O) groups excluding carboxylic acids is 2. The number of pyridine rings is 1. The Bertz CT molecular complexity index is 1750. The van der Waals surface area contributed by atoms with Gasteiger partial charge in [-0.15, -0.1) is 0 Å². The van der Waals surface area contributed by atoms with Crippen LogP contribution in [0.25, 0.3) is 28.0 Å². The molecule has 0 aliphatic carbocycles. The summed E-state index contributed by atoms with van der Waals surface area (Å²) in [6, 6.07) is 11.5. The Morgan fingerprint density at radius 1 is 1.11 bits per heavy atom. The number of ketones is 1. The number of benzene rings is 1. The van der Waals surface area contributed by atoms with Crippen LogP contribution >= 0.6 is 0 Å². The van der Waals surface area contributed by atoms with Crippen LogP contribution in [-0.4, -0.2) is 122 Å². The van der Waals surface area contributed by atoms with Gasteiger partial charge in [0.25, 0.3) is 11.7 Å². The van der Waals surface area contributed by atoms with Crippen LogP contribution in [0.1, 0.15) is 16.1 Å². The van der Waals surface area contributed by atoms with Gasteiger partial charge in [-0.1, -0.05) is 23.3 Å². The molecular weight excluding hydrogens is 564 g/mol. The van der Waals surface area contributed by atoms with Crippen molar-refractivity contribution in [3.8, 4) is 22.8 Å². The fourth-order valence-corrected chi connectivity index (χ4v) is 5.23. The minimum atomic E-state index is -0.623. The van der Waals surface area contributed by atoms with E-state index in [9.17, 15) is 9.59 Å². The van der Waals surface area contributed by atoms with Crippen LogP contribution in [0.4, 0.5) is 5.95 Å². The Hall–Kier alpha value is -5.15. The monoisotopic (exact) mass is 598 g/mol. The molecule has 3 N–H and O–H groups in total. The number of likely N-dealkylation sites (N-methyl/N-ethyl adjacent to an activating group) is 1. The molecule has 6 rings (SSSR count). The van der Waals surface area contributed by atoms with Gasteiger partial charge in [0.05, 0.1) is 35.5 Å². The second-order valence-corrected chi connectivity index (χ2v) is 10.7. The summed E-state index contributed by atoms with van der Waals surface area (Å²) in [6.07, 6.45) is 3.09. The molecule has 0 bridgehead atoms. The quantitative estimate of drug-likeness (QED) is 0.113. The highest BCUT2D eigenvalue weighted by atomic mass is 16.5. The van der Waals surface area contributed by atoms with E-state index < -0.39 is 11.7 Å². The molecule has 1 fully saturated rings. The Kier molecular flexibility index (Phi) is 8.29. The second kappa shape index (κ2) is 12.6. The van der Waals surface area contributed by atoms with Crippen molar-refractivity contribution in [3.63, 3.8) is 0 Å². The van der Waals surface area contributed by atoms with Crippen LogP contribution in [0.5, 0.6) is 5.75 Å². The molecule has 0 spiro atoms. The van der Waals surface area contributed by atoms with E-state index in [1.54, 1.807) is 22.0 Å². The van der Waals surface area contributed by atoms with Crippen LogP contribution < -0.4 is 15.0 Å². The van der Waals surface area contributed by atoms with Crippen LogP contribution in [0, 0.1) is 0 Å². The number of nitrogens with zero attached hydrogens (tertiary/aromatic N) is 9. The molecule has 1 amide bonds. The van der Waals surface area contributed by atoms with Gasteiger partial charge in [0.1, 0.15) is 17.1 Å². The number of amides is 1. The number of nitrogens with one attached hydrogen (secondary N) is 3. The average Bonchev–Trinajstić information content (AvgIpc) is 3.83. The zero-order chi connectivity index (χ0) is 30.6. The fraction of sp³-hybridized carbons (Fsp3) is 0.345. The SMILES string of the molecule is COc1cnc(-c2cc(CNCCN(C)C)[nH]n2)c2[nH]cc(C(=O)C(=O)N3CCN(c4nnnn4-c4ccccc4)CC3)c12. The predicted octanol–water partition coefficient (Wildman–Crippen LogP) is 1.12. The fourth-order valence-electron chi connectivity index (χ4n) is 5.23. The lowest BCUT2D eigenvalue weighted by molar-refractivity contribution is -0.126. The summed E-state index contributed by atoms with van der Waals surface area (Å²) >= 11 is 0. The van der Waals surface area contributed by atoms with Crippen molar-refractivity contribution in [2.75, 3.05) is 65.4 Å². The number of para-hydroxylation sites is 1. The number of piperazine rings is 1. The maximum absolute atomic E-state index is 13.6. The normalized spacial score (nSPS) is 13.6. The number of rotatable bonds is 11. The van der Waals surface area contributed by atoms with Gasteiger partial charge in [-0.25, -0.2) is 4.98 Å². The molecule has 1 aliphatic heterocycles. The average molecular weight is 599 g/mol. The molecule has 0 unspecified atom stereocenters. The first-order valence-electron chi connectivity index (χ1n) is 14.3.